The van der Waals surface area contributed by atoms with Crippen LogP contribution in [0.2, 0.25) is 0 Å². The molecule has 1 aliphatic rings. The number of carbonyl (C=O) groups is 2. The van der Waals surface area contributed by atoms with E-state index in [0.29, 0.717) is 38.3 Å². The molecule has 4 rings (SSSR count). The summed E-state index contributed by atoms with van der Waals surface area (Å²) in [5.74, 6) is 0.298. The lowest BCUT2D eigenvalue weighted by atomic mass is 9.95. The number of amides is 2. The Kier molecular flexibility index (Phi) is 6.51. The van der Waals surface area contributed by atoms with Crippen LogP contribution in [-0.4, -0.2) is 43.5 Å². The average molecular weight is 441 g/mol. The van der Waals surface area contributed by atoms with Crippen molar-refractivity contribution in [3.05, 3.63) is 64.8 Å². The van der Waals surface area contributed by atoms with Crippen LogP contribution in [0.5, 0.6) is 5.75 Å². The van der Waals surface area contributed by atoms with Gasteiger partial charge in [-0.15, -0.1) is 11.3 Å². The molecule has 0 unspecified atom stereocenters. The summed E-state index contributed by atoms with van der Waals surface area (Å²) in [5, 5.41) is 3.85. The van der Waals surface area contributed by atoms with Crippen molar-refractivity contribution in [3.63, 3.8) is 0 Å². The van der Waals surface area contributed by atoms with Gasteiger partial charge in [-0.1, -0.05) is 24.3 Å². The highest BCUT2D eigenvalue weighted by Gasteiger charge is 2.32. The number of ether oxygens (including phenoxy) is 1. The average Bonchev–Trinajstić information content (AvgIpc) is 3.41. The molecule has 162 valence electrons. The molecule has 1 aromatic heterocycles. The molecular formula is C24H25FN2O3S. The normalized spacial score (nSPS) is 15.9. The summed E-state index contributed by atoms with van der Waals surface area (Å²) in [5.41, 5.74) is 1.06. The molecule has 3 aromatic rings. The van der Waals surface area contributed by atoms with Crippen LogP contribution in [0.1, 0.15) is 40.4 Å². The van der Waals surface area contributed by atoms with E-state index in [-0.39, 0.29) is 23.5 Å². The highest BCUT2D eigenvalue weighted by molar-refractivity contribution is 7.21. The summed E-state index contributed by atoms with van der Waals surface area (Å²) in [6.45, 7) is 1.67. The number of halogens is 1. The molecule has 0 aliphatic carbocycles. The number of fused-ring (bicyclic) bond motifs is 1. The van der Waals surface area contributed by atoms with E-state index >= 15 is 0 Å². The lowest BCUT2D eigenvalue weighted by Crippen LogP contribution is -2.28. The van der Waals surface area contributed by atoms with Gasteiger partial charge in [-0.2, -0.15) is 0 Å². The molecule has 0 bridgehead atoms. The van der Waals surface area contributed by atoms with Gasteiger partial charge in [0.05, 0.1) is 11.5 Å². The van der Waals surface area contributed by atoms with Crippen molar-refractivity contribution in [2.24, 2.45) is 0 Å². The molecule has 1 aliphatic heterocycles. The first-order valence-corrected chi connectivity index (χ1v) is 11.3. The minimum Gasteiger partial charge on any atom is -0.493 e. The van der Waals surface area contributed by atoms with Crippen molar-refractivity contribution in [3.8, 4) is 5.75 Å². The fourth-order valence-corrected chi connectivity index (χ4v) is 5.34. The summed E-state index contributed by atoms with van der Waals surface area (Å²) in [7, 11) is 1.65. The number of hydrogen-bond acceptors (Lipinski definition) is 4. The van der Waals surface area contributed by atoms with Crippen LogP contribution < -0.4 is 10.1 Å². The van der Waals surface area contributed by atoms with E-state index in [9.17, 15) is 14.0 Å². The zero-order valence-corrected chi connectivity index (χ0v) is 18.2. The van der Waals surface area contributed by atoms with Gasteiger partial charge in [-0.3, -0.25) is 9.59 Å². The molecule has 7 heteroatoms. The second kappa shape index (κ2) is 9.47. The van der Waals surface area contributed by atoms with Crippen molar-refractivity contribution in [1.29, 1.82) is 0 Å². The van der Waals surface area contributed by atoms with Crippen LogP contribution in [0.15, 0.2) is 48.5 Å². The first kappa shape index (κ1) is 21.3. The van der Waals surface area contributed by atoms with Gasteiger partial charge in [0.2, 0.25) is 5.91 Å². The molecule has 1 N–H and O–H groups in total. The second-order valence-corrected chi connectivity index (χ2v) is 8.71. The zero-order valence-electron chi connectivity index (χ0n) is 17.4. The van der Waals surface area contributed by atoms with E-state index < -0.39 is 0 Å². The highest BCUT2D eigenvalue weighted by Crippen LogP contribution is 2.40. The Balaban J connectivity index is 1.37. The minimum absolute atomic E-state index is 0.0736. The molecular weight excluding hydrogens is 415 g/mol. The van der Waals surface area contributed by atoms with Gasteiger partial charge in [0.25, 0.3) is 5.91 Å². The van der Waals surface area contributed by atoms with Gasteiger partial charge in [-0.05, 0) is 42.0 Å². The monoisotopic (exact) mass is 440 g/mol. The van der Waals surface area contributed by atoms with Crippen LogP contribution in [0.4, 0.5) is 4.39 Å². The number of carbonyl (C=O) groups excluding carboxylic acids is 2. The molecule has 31 heavy (non-hydrogen) atoms. The Morgan fingerprint density at radius 1 is 1.23 bits per heavy atom. The van der Waals surface area contributed by atoms with E-state index in [1.807, 2.05) is 23.1 Å². The zero-order chi connectivity index (χ0) is 21.8. The Labute approximate surface area is 184 Å². The quantitative estimate of drug-likeness (QED) is 0.548. The van der Waals surface area contributed by atoms with Gasteiger partial charge in [0.15, 0.2) is 0 Å². The summed E-state index contributed by atoms with van der Waals surface area (Å²) in [6.07, 6.45) is 1.80. The van der Waals surface area contributed by atoms with Crippen LogP contribution >= 0.6 is 11.3 Å². The maximum atomic E-state index is 13.2. The number of nitrogens with one attached hydrogen (secondary N) is 1. The maximum Gasteiger partial charge on any atom is 0.261 e. The van der Waals surface area contributed by atoms with E-state index in [4.69, 9.17) is 4.74 Å². The fraction of sp³-hybridized carbons (Fsp3) is 0.333. The Morgan fingerprint density at radius 2 is 2.06 bits per heavy atom. The number of rotatable bonds is 7. The Bertz CT molecular complexity index is 1100. The number of hydrogen-bond donors (Lipinski definition) is 1. The second-order valence-electron chi connectivity index (χ2n) is 7.65. The van der Waals surface area contributed by atoms with Gasteiger partial charge >= 0.3 is 0 Å². The third-order valence-corrected chi connectivity index (χ3v) is 6.80. The topological polar surface area (TPSA) is 58.6 Å². The number of nitrogens with zero attached hydrogens (tertiary/aromatic N) is 1. The van der Waals surface area contributed by atoms with Crippen molar-refractivity contribution in [2.75, 3.05) is 26.7 Å². The first-order valence-electron chi connectivity index (χ1n) is 10.5. The van der Waals surface area contributed by atoms with Crippen LogP contribution in [-0.2, 0) is 4.79 Å². The third-order valence-electron chi connectivity index (χ3n) is 5.62. The van der Waals surface area contributed by atoms with Crippen LogP contribution in [0.3, 0.4) is 0 Å². The van der Waals surface area contributed by atoms with Crippen molar-refractivity contribution in [1.82, 2.24) is 10.2 Å². The summed E-state index contributed by atoms with van der Waals surface area (Å²) >= 11 is 1.51. The molecule has 1 atom stereocenters. The summed E-state index contributed by atoms with van der Waals surface area (Å²) < 4.78 is 19.8. The number of thiophene rings is 1. The van der Waals surface area contributed by atoms with Crippen LogP contribution in [0.25, 0.3) is 10.1 Å². The van der Waals surface area contributed by atoms with Gasteiger partial charge in [0.1, 0.15) is 11.6 Å². The van der Waals surface area contributed by atoms with Crippen molar-refractivity contribution >= 4 is 33.2 Å². The minimum atomic E-state index is -0.339. The SMILES string of the molecule is CNC(=O)c1sc2ccccc2c1[C@H]1CCN(C(=O)CCCOc2cccc(F)c2)C1. The van der Waals surface area contributed by atoms with Gasteiger partial charge in [0, 0.05) is 43.2 Å². The lowest BCUT2D eigenvalue weighted by molar-refractivity contribution is -0.130. The lowest BCUT2D eigenvalue weighted by Gasteiger charge is -2.17. The molecule has 1 fully saturated rings. The van der Waals surface area contributed by atoms with Gasteiger partial charge < -0.3 is 15.0 Å². The molecule has 2 amide bonds. The van der Waals surface area contributed by atoms with Crippen molar-refractivity contribution < 1.29 is 18.7 Å². The summed E-state index contributed by atoms with van der Waals surface area (Å²) in [4.78, 5) is 27.8. The fourth-order valence-electron chi connectivity index (χ4n) is 4.10. The molecule has 2 heterocycles. The summed E-state index contributed by atoms with van der Waals surface area (Å²) in [6, 6.07) is 14.1. The van der Waals surface area contributed by atoms with E-state index in [0.717, 1.165) is 26.9 Å². The third kappa shape index (κ3) is 4.71. The van der Waals surface area contributed by atoms with Gasteiger partial charge in [-0.25, -0.2) is 4.39 Å². The standard InChI is InChI=1S/C24H25FN2O3S/c1-26-24(29)23-22(19-8-2-3-9-20(19)31-23)16-11-12-27(15-16)21(28)10-5-13-30-18-7-4-6-17(25)14-18/h2-4,6-9,14,16H,5,10-13,15H2,1H3,(H,26,29)/t16-/m0/s1. The van der Waals surface area contributed by atoms with E-state index in [2.05, 4.69) is 11.4 Å². The van der Waals surface area contributed by atoms with E-state index in [1.165, 1.54) is 23.5 Å². The van der Waals surface area contributed by atoms with E-state index in [1.54, 1.807) is 19.2 Å². The predicted octanol–water partition coefficient (Wildman–Crippen LogP) is 4.58. The largest absolute Gasteiger partial charge is 0.493 e. The molecule has 0 spiro atoms. The smallest absolute Gasteiger partial charge is 0.261 e. The highest BCUT2D eigenvalue weighted by atomic mass is 32.1. The first-order chi connectivity index (χ1) is 15.1. The molecule has 1 saturated heterocycles. The Morgan fingerprint density at radius 3 is 2.87 bits per heavy atom. The predicted molar refractivity (Wildman–Crippen MR) is 120 cm³/mol. The maximum absolute atomic E-state index is 13.2. The molecule has 2 aromatic carbocycles. The van der Waals surface area contributed by atoms with Crippen LogP contribution in [0, 0.1) is 5.82 Å². The molecule has 0 radical (unpaired) electrons. The number of benzene rings is 2. The number of likely N-dealkylation sites (tertiary alicyclic amines) is 1. The van der Waals surface area contributed by atoms with Crippen molar-refractivity contribution in [2.45, 2.75) is 25.2 Å². The molecule has 0 saturated carbocycles. The Hall–Kier alpha value is -2.93. The molecule has 5 nitrogen and oxygen atoms in total.